The summed E-state index contributed by atoms with van der Waals surface area (Å²) < 4.78 is 5.48. The van der Waals surface area contributed by atoms with Gasteiger partial charge in [-0.15, -0.1) is 0 Å². The fraction of sp³-hybridized carbons (Fsp3) is 0.167. The van der Waals surface area contributed by atoms with Crippen molar-refractivity contribution in [1.82, 2.24) is 0 Å². The van der Waals surface area contributed by atoms with Crippen molar-refractivity contribution in [2.45, 2.75) is 19.4 Å². The van der Waals surface area contributed by atoms with Gasteiger partial charge in [-0.25, -0.2) is 4.79 Å². The van der Waals surface area contributed by atoms with Gasteiger partial charge in [0.2, 0.25) is 0 Å². The maximum absolute atomic E-state index is 12.0. The average Bonchev–Trinajstić information content (AvgIpc) is 2.53. The van der Waals surface area contributed by atoms with E-state index in [1.807, 2.05) is 67.6 Å². The molecular formula is C18H18O2. The largest absolute Gasteiger partial charge is 0.455 e. The lowest BCUT2D eigenvalue weighted by molar-refractivity contribution is 0.0390. The average molecular weight is 266 g/mol. The Kier molecular flexibility index (Phi) is 5.13. The monoisotopic (exact) mass is 266 g/mol. The lowest BCUT2D eigenvalue weighted by Crippen LogP contribution is -2.15. The van der Waals surface area contributed by atoms with E-state index in [-0.39, 0.29) is 12.1 Å². The van der Waals surface area contributed by atoms with Crippen LogP contribution < -0.4 is 0 Å². The molecule has 1 atom stereocenters. The summed E-state index contributed by atoms with van der Waals surface area (Å²) in [6, 6.07) is 19.0. The summed E-state index contributed by atoms with van der Waals surface area (Å²) in [4.78, 5) is 12.0. The fourth-order valence-electron chi connectivity index (χ4n) is 1.82. The van der Waals surface area contributed by atoms with Gasteiger partial charge >= 0.3 is 5.97 Å². The number of esters is 1. The zero-order chi connectivity index (χ0) is 14.2. The van der Waals surface area contributed by atoms with E-state index in [1.54, 1.807) is 12.1 Å². The quantitative estimate of drug-likeness (QED) is 0.753. The number of carbonyl (C=O) groups is 1. The van der Waals surface area contributed by atoms with E-state index >= 15 is 0 Å². The normalized spacial score (nSPS) is 12.2. The molecule has 0 aliphatic carbocycles. The molecule has 102 valence electrons. The smallest absolute Gasteiger partial charge is 0.338 e. The zero-order valence-corrected chi connectivity index (χ0v) is 11.5. The van der Waals surface area contributed by atoms with E-state index < -0.39 is 0 Å². The molecule has 0 spiro atoms. The van der Waals surface area contributed by atoms with Crippen LogP contribution in [0.15, 0.2) is 66.7 Å². The Morgan fingerprint density at radius 1 is 1.05 bits per heavy atom. The first-order valence-electron chi connectivity index (χ1n) is 6.79. The second-order valence-electron chi connectivity index (χ2n) is 4.49. The van der Waals surface area contributed by atoms with Crippen LogP contribution >= 0.6 is 0 Å². The van der Waals surface area contributed by atoms with E-state index in [2.05, 4.69) is 0 Å². The number of carbonyl (C=O) groups excluding carboxylic acids is 1. The van der Waals surface area contributed by atoms with Crippen LogP contribution in [0.25, 0.3) is 6.08 Å². The van der Waals surface area contributed by atoms with Crippen LogP contribution in [-0.2, 0) is 4.74 Å². The standard InChI is InChI=1S/C18H18O2/c1-2-17(14-13-15-9-5-3-6-10-15)20-18(19)16-11-7-4-8-12-16/h3-14,17H,2H2,1H3/b14-13+/t17-/m1/s1. The molecule has 0 heterocycles. The second-order valence-corrected chi connectivity index (χ2v) is 4.49. The van der Waals surface area contributed by atoms with Crippen LogP contribution in [0, 0.1) is 0 Å². The van der Waals surface area contributed by atoms with Gasteiger partial charge in [0.25, 0.3) is 0 Å². The van der Waals surface area contributed by atoms with Crippen LogP contribution in [0.3, 0.4) is 0 Å². The summed E-state index contributed by atoms with van der Waals surface area (Å²) in [5.74, 6) is -0.282. The Labute approximate surface area is 119 Å². The molecule has 20 heavy (non-hydrogen) atoms. The molecule has 0 saturated heterocycles. The predicted molar refractivity (Wildman–Crippen MR) is 81.4 cm³/mol. The zero-order valence-electron chi connectivity index (χ0n) is 11.5. The van der Waals surface area contributed by atoms with Crippen molar-refractivity contribution in [3.8, 4) is 0 Å². The summed E-state index contributed by atoms with van der Waals surface area (Å²) in [5, 5.41) is 0. The Hall–Kier alpha value is -2.35. The van der Waals surface area contributed by atoms with Gasteiger partial charge < -0.3 is 4.74 Å². The highest BCUT2D eigenvalue weighted by Crippen LogP contribution is 2.09. The third-order valence-corrected chi connectivity index (χ3v) is 2.97. The van der Waals surface area contributed by atoms with E-state index in [0.717, 1.165) is 12.0 Å². The van der Waals surface area contributed by atoms with Gasteiger partial charge in [0.1, 0.15) is 6.10 Å². The van der Waals surface area contributed by atoms with Gasteiger partial charge in [-0.3, -0.25) is 0 Å². The molecular weight excluding hydrogens is 248 g/mol. The van der Waals surface area contributed by atoms with Crippen molar-refractivity contribution < 1.29 is 9.53 Å². The van der Waals surface area contributed by atoms with Crippen molar-refractivity contribution >= 4 is 12.0 Å². The van der Waals surface area contributed by atoms with Gasteiger partial charge in [0.05, 0.1) is 5.56 Å². The Balaban J connectivity index is 1.99. The van der Waals surface area contributed by atoms with Crippen LogP contribution in [0.1, 0.15) is 29.3 Å². The summed E-state index contributed by atoms with van der Waals surface area (Å²) in [7, 11) is 0. The van der Waals surface area contributed by atoms with Crippen molar-refractivity contribution in [2.75, 3.05) is 0 Å². The molecule has 2 rings (SSSR count). The lowest BCUT2D eigenvalue weighted by atomic mass is 10.1. The van der Waals surface area contributed by atoms with E-state index in [1.165, 1.54) is 0 Å². The first-order chi connectivity index (χ1) is 9.79. The minimum Gasteiger partial charge on any atom is -0.455 e. The molecule has 0 saturated carbocycles. The summed E-state index contributed by atoms with van der Waals surface area (Å²) in [6.07, 6.45) is 4.45. The van der Waals surface area contributed by atoms with Gasteiger partial charge in [-0.05, 0) is 30.2 Å². The van der Waals surface area contributed by atoms with E-state index in [4.69, 9.17) is 4.74 Å². The number of benzene rings is 2. The molecule has 2 heteroatoms. The number of rotatable bonds is 5. The topological polar surface area (TPSA) is 26.3 Å². The summed E-state index contributed by atoms with van der Waals surface area (Å²) in [5.41, 5.74) is 1.68. The van der Waals surface area contributed by atoms with Gasteiger partial charge in [0.15, 0.2) is 0 Å². The lowest BCUT2D eigenvalue weighted by Gasteiger charge is -2.12. The molecule has 0 aliphatic rings. The third kappa shape index (κ3) is 4.09. The maximum Gasteiger partial charge on any atom is 0.338 e. The molecule has 0 fully saturated rings. The Bertz CT molecular complexity index is 558. The van der Waals surface area contributed by atoms with Crippen LogP contribution in [-0.4, -0.2) is 12.1 Å². The van der Waals surface area contributed by atoms with Gasteiger partial charge in [0, 0.05) is 0 Å². The van der Waals surface area contributed by atoms with Crippen LogP contribution in [0.2, 0.25) is 0 Å². The van der Waals surface area contributed by atoms with Crippen LogP contribution in [0.4, 0.5) is 0 Å². The molecule has 0 unspecified atom stereocenters. The molecule has 0 aromatic heterocycles. The molecule has 0 amide bonds. The second kappa shape index (κ2) is 7.29. The number of hydrogen-bond acceptors (Lipinski definition) is 2. The van der Waals surface area contributed by atoms with Crippen molar-refractivity contribution in [1.29, 1.82) is 0 Å². The fourth-order valence-corrected chi connectivity index (χ4v) is 1.82. The van der Waals surface area contributed by atoms with Gasteiger partial charge in [-0.2, -0.15) is 0 Å². The molecule has 0 bridgehead atoms. The molecule has 0 radical (unpaired) electrons. The number of ether oxygens (including phenoxy) is 1. The highest BCUT2D eigenvalue weighted by molar-refractivity contribution is 5.89. The molecule has 0 N–H and O–H groups in total. The first-order valence-corrected chi connectivity index (χ1v) is 6.79. The predicted octanol–water partition coefficient (Wildman–Crippen LogP) is 4.34. The Morgan fingerprint density at radius 2 is 1.65 bits per heavy atom. The van der Waals surface area contributed by atoms with Crippen molar-refractivity contribution in [2.24, 2.45) is 0 Å². The molecule has 2 aromatic rings. The van der Waals surface area contributed by atoms with Crippen molar-refractivity contribution in [3.05, 3.63) is 77.9 Å². The highest BCUT2D eigenvalue weighted by Gasteiger charge is 2.11. The molecule has 0 aliphatic heterocycles. The van der Waals surface area contributed by atoms with E-state index in [9.17, 15) is 4.79 Å². The third-order valence-electron chi connectivity index (χ3n) is 2.97. The Morgan fingerprint density at radius 3 is 2.25 bits per heavy atom. The summed E-state index contributed by atoms with van der Waals surface area (Å²) >= 11 is 0. The van der Waals surface area contributed by atoms with Gasteiger partial charge in [-0.1, -0.05) is 61.5 Å². The first kappa shape index (κ1) is 14.1. The molecule has 2 aromatic carbocycles. The summed E-state index contributed by atoms with van der Waals surface area (Å²) in [6.45, 7) is 2.00. The maximum atomic E-state index is 12.0. The number of hydrogen-bond donors (Lipinski definition) is 0. The van der Waals surface area contributed by atoms with Crippen LogP contribution in [0.5, 0.6) is 0 Å². The highest BCUT2D eigenvalue weighted by atomic mass is 16.5. The SMILES string of the molecule is CC[C@H](/C=C/c1ccccc1)OC(=O)c1ccccc1. The molecule has 2 nitrogen and oxygen atoms in total. The van der Waals surface area contributed by atoms with E-state index in [0.29, 0.717) is 5.56 Å². The minimum absolute atomic E-state index is 0.206. The van der Waals surface area contributed by atoms with Crippen molar-refractivity contribution in [3.63, 3.8) is 0 Å². The minimum atomic E-state index is -0.282.